The fourth-order valence-electron chi connectivity index (χ4n) is 8.59. The number of halogens is 2. The molecule has 1 aromatic heterocycles. The van der Waals surface area contributed by atoms with Crippen LogP contribution in [0.5, 0.6) is 5.75 Å². The molecule has 3 saturated heterocycles. The van der Waals surface area contributed by atoms with Gasteiger partial charge >= 0.3 is 0 Å². The van der Waals surface area contributed by atoms with Gasteiger partial charge in [-0.25, -0.2) is 14.4 Å². The molecule has 2 bridgehead atoms. The summed E-state index contributed by atoms with van der Waals surface area (Å²) in [7, 11) is 4.45. The van der Waals surface area contributed by atoms with Crippen LogP contribution in [0, 0.1) is 29.0 Å². The minimum Gasteiger partial charge on any atom is -0.491 e. The maximum absolute atomic E-state index is 13.8. The van der Waals surface area contributed by atoms with Crippen LogP contribution in [0.4, 0.5) is 21.6 Å². The number of amides is 1. The number of benzene rings is 2. The molecule has 1 spiro atoms. The van der Waals surface area contributed by atoms with Crippen LogP contribution in [0.15, 0.2) is 48.8 Å². The lowest BCUT2D eigenvalue weighted by Gasteiger charge is -2.52. The van der Waals surface area contributed by atoms with Crippen LogP contribution in [-0.2, 0) is 4.79 Å². The Labute approximate surface area is 282 Å². The third-order valence-corrected chi connectivity index (χ3v) is 11.7. The lowest BCUT2D eigenvalue weighted by atomic mass is 9.57. The zero-order valence-electron chi connectivity index (χ0n) is 27.5. The van der Waals surface area contributed by atoms with Crippen LogP contribution in [0.25, 0.3) is 10.9 Å². The first kappa shape index (κ1) is 32.3. The van der Waals surface area contributed by atoms with Crippen LogP contribution in [-0.4, -0.2) is 72.1 Å². The third kappa shape index (κ3) is 7.27. The second-order valence-electron chi connectivity index (χ2n) is 14.6. The van der Waals surface area contributed by atoms with Crippen molar-refractivity contribution in [2.75, 3.05) is 51.0 Å². The highest BCUT2D eigenvalue weighted by Gasteiger charge is 2.44. The Morgan fingerprint density at radius 2 is 1.98 bits per heavy atom. The molecule has 4 heterocycles. The predicted molar refractivity (Wildman–Crippen MR) is 186 cm³/mol. The molecule has 2 aromatic carbocycles. The molecule has 8 rings (SSSR count). The summed E-state index contributed by atoms with van der Waals surface area (Å²) in [5.41, 5.74) is 2.37. The normalized spacial score (nSPS) is 24.6. The van der Waals surface area contributed by atoms with E-state index in [0.29, 0.717) is 69.7 Å². The zero-order valence-corrected chi connectivity index (χ0v) is 28.2. The van der Waals surface area contributed by atoms with Crippen LogP contribution in [0.3, 0.4) is 0 Å². The Morgan fingerprint density at radius 1 is 1.15 bits per heavy atom. The van der Waals surface area contributed by atoms with Crippen molar-refractivity contribution < 1.29 is 13.9 Å². The maximum atomic E-state index is 13.8. The van der Waals surface area contributed by atoms with E-state index >= 15 is 0 Å². The van der Waals surface area contributed by atoms with E-state index < -0.39 is 5.82 Å². The van der Waals surface area contributed by atoms with Crippen LogP contribution in [0.2, 0.25) is 5.02 Å². The lowest BCUT2D eigenvalue weighted by Crippen LogP contribution is -2.49. The zero-order chi connectivity index (χ0) is 32.5. The van der Waals surface area contributed by atoms with E-state index in [1.807, 2.05) is 18.2 Å². The number of aromatic nitrogens is 2. The summed E-state index contributed by atoms with van der Waals surface area (Å²) in [4.78, 5) is 27.2. The van der Waals surface area contributed by atoms with E-state index in [0.717, 1.165) is 19.4 Å². The molecule has 2 N–H and O–H groups in total. The highest BCUT2D eigenvalue weighted by molar-refractivity contribution is 6.31. The smallest absolute Gasteiger partial charge is 0.248 e. The molecule has 1 amide bonds. The van der Waals surface area contributed by atoms with Gasteiger partial charge in [-0.2, -0.15) is 0 Å². The number of nitrogens with zero attached hydrogens (tertiary/aromatic N) is 4. The van der Waals surface area contributed by atoms with Gasteiger partial charge in [0.15, 0.2) is 0 Å². The minimum absolute atomic E-state index is 0.0186. The van der Waals surface area contributed by atoms with E-state index in [4.69, 9.17) is 16.3 Å². The van der Waals surface area contributed by atoms with Gasteiger partial charge in [-0.3, -0.25) is 4.79 Å². The highest BCUT2D eigenvalue weighted by atomic mass is 35.5. The van der Waals surface area contributed by atoms with Crippen LogP contribution < -0.4 is 15.4 Å². The second-order valence-corrected chi connectivity index (χ2v) is 15.0. The molecule has 3 unspecified atom stereocenters. The Kier molecular flexibility index (Phi) is 9.40. The highest BCUT2D eigenvalue weighted by Crippen LogP contribution is 2.53. The van der Waals surface area contributed by atoms with Crippen LogP contribution >= 0.6 is 11.6 Å². The summed E-state index contributed by atoms with van der Waals surface area (Å²) < 4.78 is 20.2. The van der Waals surface area contributed by atoms with Crippen molar-refractivity contribution in [3.05, 3.63) is 59.7 Å². The number of anilines is 3. The van der Waals surface area contributed by atoms with Crippen molar-refractivity contribution in [1.29, 1.82) is 0 Å². The third-order valence-electron chi connectivity index (χ3n) is 11.4. The van der Waals surface area contributed by atoms with Crippen molar-refractivity contribution in [2.45, 2.75) is 63.8 Å². The topological polar surface area (TPSA) is 82.6 Å². The number of hydrogen-bond acceptors (Lipinski definition) is 7. The van der Waals surface area contributed by atoms with Gasteiger partial charge in [-0.15, -0.1) is 0 Å². The number of fused-ring (bicyclic) bond motifs is 4. The van der Waals surface area contributed by atoms with Crippen molar-refractivity contribution >= 4 is 45.6 Å². The number of carbonyl (C=O) groups excluding carboxylic acids is 1. The molecule has 3 aliphatic heterocycles. The number of nitrogens with one attached hydrogen (secondary N) is 2. The molecule has 5 aliphatic rings. The largest absolute Gasteiger partial charge is 0.491 e. The number of hydrogen-bond donors (Lipinski definition) is 2. The summed E-state index contributed by atoms with van der Waals surface area (Å²) in [6.45, 7) is 4.14. The van der Waals surface area contributed by atoms with Crippen molar-refractivity contribution in [1.82, 2.24) is 19.8 Å². The fraction of sp³-hybridized carbons (Fsp3) is 0.541. The van der Waals surface area contributed by atoms with E-state index in [9.17, 15) is 9.18 Å². The Balaban J connectivity index is 1.06. The van der Waals surface area contributed by atoms with Crippen LogP contribution in [0.1, 0.15) is 57.8 Å². The number of carbonyl (C=O) groups is 1. The number of rotatable bonds is 10. The predicted octanol–water partition coefficient (Wildman–Crippen LogP) is 7.67. The molecule has 3 atom stereocenters. The number of allylic oxidation sites excluding steroid dienone is 1. The summed E-state index contributed by atoms with van der Waals surface area (Å²) in [6, 6.07) is 8.83. The molecule has 2 saturated carbocycles. The molecule has 250 valence electrons. The van der Waals surface area contributed by atoms with Gasteiger partial charge in [0.2, 0.25) is 5.91 Å². The molecule has 10 heteroatoms. The average molecular weight is 661 g/mol. The first-order valence-corrected chi connectivity index (χ1v) is 17.6. The number of ether oxygens (including phenoxy) is 1. The van der Waals surface area contributed by atoms with Gasteiger partial charge in [0, 0.05) is 29.7 Å². The molecule has 0 radical (unpaired) electrons. The average Bonchev–Trinajstić information content (AvgIpc) is 3.04. The quantitative estimate of drug-likeness (QED) is 0.216. The van der Waals surface area contributed by atoms with Gasteiger partial charge < -0.3 is 25.2 Å². The molecule has 3 aromatic rings. The fourth-order valence-corrected chi connectivity index (χ4v) is 8.77. The van der Waals surface area contributed by atoms with Crippen molar-refractivity contribution in [3.8, 4) is 5.75 Å². The van der Waals surface area contributed by atoms with Gasteiger partial charge in [-0.05, 0) is 138 Å². The van der Waals surface area contributed by atoms with Gasteiger partial charge in [0.05, 0.1) is 22.8 Å². The van der Waals surface area contributed by atoms with Crippen molar-refractivity contribution in [2.24, 2.45) is 23.2 Å². The van der Waals surface area contributed by atoms with E-state index in [1.54, 1.807) is 12.1 Å². The van der Waals surface area contributed by atoms with E-state index in [-0.39, 0.29) is 10.9 Å². The molecule has 2 aliphatic carbocycles. The Hall–Kier alpha value is -3.27. The molecular formula is C37H46ClFN6O2. The maximum Gasteiger partial charge on any atom is 0.248 e. The molecular weight excluding hydrogens is 615 g/mol. The lowest BCUT2D eigenvalue weighted by molar-refractivity contribution is -0.111. The summed E-state index contributed by atoms with van der Waals surface area (Å²) >= 11 is 6.03. The van der Waals surface area contributed by atoms with Crippen molar-refractivity contribution in [3.63, 3.8) is 0 Å². The Morgan fingerprint density at radius 3 is 2.72 bits per heavy atom. The Bertz CT molecular complexity index is 1630. The molecule has 8 nitrogen and oxygen atoms in total. The number of likely N-dealkylation sites (tertiary alicyclic amines) is 1. The summed E-state index contributed by atoms with van der Waals surface area (Å²) in [5.74, 6) is 2.46. The first-order chi connectivity index (χ1) is 22.7. The molecule has 47 heavy (non-hydrogen) atoms. The minimum atomic E-state index is -0.489. The monoisotopic (exact) mass is 660 g/mol. The number of piperidine rings is 3. The SMILES string of the molecule is CN1CCC2(CC1)CC(CCOc1cc3ncnc(Nc4ccc(F)c(Cl)c4)c3cc1NC(=O)/C=C/CC1CC3CCC1CN3C)C2. The van der Waals surface area contributed by atoms with E-state index in [2.05, 4.69) is 44.5 Å². The van der Waals surface area contributed by atoms with E-state index in [1.165, 1.54) is 76.5 Å². The van der Waals surface area contributed by atoms with Gasteiger partial charge in [-0.1, -0.05) is 17.7 Å². The second kappa shape index (κ2) is 13.7. The summed E-state index contributed by atoms with van der Waals surface area (Å²) in [6.07, 6.45) is 16.0. The van der Waals surface area contributed by atoms with Gasteiger partial charge in [0.1, 0.15) is 23.7 Å². The first-order valence-electron chi connectivity index (χ1n) is 17.2. The van der Waals surface area contributed by atoms with Gasteiger partial charge in [0.25, 0.3) is 0 Å². The summed E-state index contributed by atoms with van der Waals surface area (Å²) in [5, 5.41) is 7.04. The molecule has 5 fully saturated rings. The standard InChI is InChI=1S/C37H46ClFN6O2/c1-44-13-11-37(12-14-44)20-24(21-37)10-15-47-34-19-32-29(36(41-23-40-32)42-27-7-9-31(39)30(38)17-27)18-33(34)43-35(46)5-3-4-25-16-28-8-6-26(25)22-45(28)2/h3,5,7,9,17-19,23-26,28H,4,6,8,10-16,20-22H2,1-2H3,(H,43,46)(H,40,41,42)/b5-3+.